The average molecular weight is 264 g/mol. The Kier molecular flexibility index (Phi) is 4.02. The maximum Gasteiger partial charge on any atom is 0.0333 e. The summed E-state index contributed by atoms with van der Waals surface area (Å²) in [5.74, 6) is 0. The normalized spacial score (nSPS) is 21.4. The minimum absolute atomic E-state index is 0.714. The third kappa shape index (κ3) is 3.56. The molecule has 0 aliphatic heterocycles. The van der Waals surface area contributed by atoms with Crippen LogP contribution in [0.3, 0.4) is 0 Å². The molecule has 0 radical (unpaired) electrons. The highest BCUT2D eigenvalue weighted by Gasteiger charge is 2.32. The van der Waals surface area contributed by atoms with Gasteiger partial charge < -0.3 is 5.32 Å². The Balaban J connectivity index is 1.48. The summed E-state index contributed by atoms with van der Waals surface area (Å²) in [6, 6.07) is 6.87. The SMILES string of the molecule is CC(CCNC1CC1)N(Cc1cccs1)C1CC1. The zero-order valence-electron chi connectivity index (χ0n) is 11.3. The van der Waals surface area contributed by atoms with Crippen LogP contribution in [0.4, 0.5) is 0 Å². The smallest absolute Gasteiger partial charge is 0.0333 e. The summed E-state index contributed by atoms with van der Waals surface area (Å²) in [6.07, 6.45) is 6.90. The Bertz CT molecular complexity index is 355. The molecule has 2 saturated carbocycles. The Hall–Kier alpha value is -0.380. The molecule has 100 valence electrons. The summed E-state index contributed by atoms with van der Waals surface area (Å²) in [6.45, 7) is 4.76. The lowest BCUT2D eigenvalue weighted by Gasteiger charge is -2.29. The Morgan fingerprint density at radius 1 is 1.39 bits per heavy atom. The summed E-state index contributed by atoms with van der Waals surface area (Å²) in [4.78, 5) is 4.24. The highest BCUT2D eigenvalue weighted by Crippen LogP contribution is 2.31. The van der Waals surface area contributed by atoms with Gasteiger partial charge in [0.05, 0.1) is 0 Å². The lowest BCUT2D eigenvalue weighted by atomic mass is 10.2. The van der Waals surface area contributed by atoms with Gasteiger partial charge in [-0.25, -0.2) is 0 Å². The van der Waals surface area contributed by atoms with E-state index in [9.17, 15) is 0 Å². The molecule has 1 aromatic rings. The van der Waals surface area contributed by atoms with E-state index in [4.69, 9.17) is 0 Å². The predicted molar refractivity (Wildman–Crippen MR) is 78.0 cm³/mol. The molecule has 2 aliphatic rings. The minimum Gasteiger partial charge on any atom is -0.314 e. The molecule has 18 heavy (non-hydrogen) atoms. The summed E-state index contributed by atoms with van der Waals surface area (Å²) < 4.78 is 0. The van der Waals surface area contributed by atoms with Gasteiger partial charge in [0.1, 0.15) is 0 Å². The van der Waals surface area contributed by atoms with Gasteiger partial charge in [0.25, 0.3) is 0 Å². The first-order chi connectivity index (χ1) is 8.83. The van der Waals surface area contributed by atoms with Gasteiger partial charge in [0.2, 0.25) is 0 Å². The molecule has 1 unspecified atom stereocenters. The average Bonchev–Trinajstić information content (AvgIpc) is 3.28. The van der Waals surface area contributed by atoms with Crippen LogP contribution in [0.2, 0.25) is 0 Å². The molecule has 2 nitrogen and oxygen atoms in total. The third-order valence-corrected chi connectivity index (χ3v) is 4.93. The molecule has 1 atom stereocenters. The van der Waals surface area contributed by atoms with Crippen LogP contribution in [-0.2, 0) is 6.54 Å². The molecule has 1 aromatic heterocycles. The fourth-order valence-corrected chi connectivity index (χ4v) is 3.30. The van der Waals surface area contributed by atoms with Crippen molar-refractivity contribution in [1.29, 1.82) is 0 Å². The Morgan fingerprint density at radius 2 is 2.22 bits per heavy atom. The van der Waals surface area contributed by atoms with Crippen molar-refractivity contribution in [3.05, 3.63) is 22.4 Å². The molecule has 0 bridgehead atoms. The van der Waals surface area contributed by atoms with E-state index >= 15 is 0 Å². The quantitative estimate of drug-likeness (QED) is 0.775. The summed E-state index contributed by atoms with van der Waals surface area (Å²) in [7, 11) is 0. The van der Waals surface area contributed by atoms with Gasteiger partial charge in [-0.15, -0.1) is 11.3 Å². The number of rotatable bonds is 8. The van der Waals surface area contributed by atoms with Gasteiger partial charge in [-0.2, -0.15) is 0 Å². The number of thiophene rings is 1. The van der Waals surface area contributed by atoms with Crippen molar-refractivity contribution in [3.63, 3.8) is 0 Å². The van der Waals surface area contributed by atoms with Crippen molar-refractivity contribution < 1.29 is 0 Å². The molecule has 1 heterocycles. The second kappa shape index (κ2) is 5.72. The molecule has 3 rings (SSSR count). The van der Waals surface area contributed by atoms with E-state index in [-0.39, 0.29) is 0 Å². The van der Waals surface area contributed by atoms with Crippen LogP contribution in [0.1, 0.15) is 43.9 Å². The largest absolute Gasteiger partial charge is 0.314 e. The molecule has 2 fully saturated rings. The number of nitrogens with zero attached hydrogens (tertiary/aromatic N) is 1. The van der Waals surface area contributed by atoms with E-state index in [0.717, 1.165) is 18.6 Å². The second-order valence-electron chi connectivity index (χ2n) is 5.85. The lowest BCUT2D eigenvalue weighted by molar-refractivity contribution is 0.181. The predicted octanol–water partition coefficient (Wildman–Crippen LogP) is 3.24. The molecule has 2 aliphatic carbocycles. The van der Waals surface area contributed by atoms with E-state index in [1.807, 2.05) is 11.3 Å². The van der Waals surface area contributed by atoms with Crippen LogP contribution in [0, 0.1) is 0 Å². The summed E-state index contributed by atoms with van der Waals surface area (Å²) >= 11 is 1.90. The molecular weight excluding hydrogens is 240 g/mol. The molecule has 3 heteroatoms. The van der Waals surface area contributed by atoms with Crippen molar-refractivity contribution in [1.82, 2.24) is 10.2 Å². The first-order valence-electron chi connectivity index (χ1n) is 7.34. The molecule has 0 amide bonds. The first-order valence-corrected chi connectivity index (χ1v) is 8.22. The van der Waals surface area contributed by atoms with Gasteiger partial charge in [-0.3, -0.25) is 4.90 Å². The van der Waals surface area contributed by atoms with Crippen LogP contribution in [0.5, 0.6) is 0 Å². The second-order valence-corrected chi connectivity index (χ2v) is 6.88. The van der Waals surface area contributed by atoms with Crippen molar-refractivity contribution in [2.45, 2.75) is 63.7 Å². The monoisotopic (exact) mass is 264 g/mol. The van der Waals surface area contributed by atoms with E-state index < -0.39 is 0 Å². The van der Waals surface area contributed by atoms with Gasteiger partial charge in [0.15, 0.2) is 0 Å². The zero-order chi connectivity index (χ0) is 12.4. The summed E-state index contributed by atoms with van der Waals surface area (Å²) in [5.41, 5.74) is 0. The maximum absolute atomic E-state index is 3.64. The van der Waals surface area contributed by atoms with Crippen molar-refractivity contribution in [2.24, 2.45) is 0 Å². The van der Waals surface area contributed by atoms with Crippen molar-refractivity contribution in [2.75, 3.05) is 6.54 Å². The number of nitrogens with one attached hydrogen (secondary N) is 1. The van der Waals surface area contributed by atoms with Gasteiger partial charge in [-0.1, -0.05) is 6.07 Å². The van der Waals surface area contributed by atoms with Crippen LogP contribution in [-0.4, -0.2) is 29.6 Å². The molecule has 0 saturated heterocycles. The van der Waals surface area contributed by atoms with Crippen LogP contribution in [0.15, 0.2) is 17.5 Å². The Labute approximate surface area is 114 Å². The topological polar surface area (TPSA) is 15.3 Å². The molecule has 0 spiro atoms. The lowest BCUT2D eigenvalue weighted by Crippen LogP contribution is -2.36. The minimum atomic E-state index is 0.714. The fourth-order valence-electron chi connectivity index (χ4n) is 2.58. The van der Waals surface area contributed by atoms with E-state index in [0.29, 0.717) is 6.04 Å². The van der Waals surface area contributed by atoms with Crippen molar-refractivity contribution in [3.8, 4) is 0 Å². The summed E-state index contributed by atoms with van der Waals surface area (Å²) in [5, 5.41) is 5.83. The van der Waals surface area contributed by atoms with Crippen molar-refractivity contribution >= 4 is 11.3 Å². The van der Waals surface area contributed by atoms with E-state index in [1.165, 1.54) is 43.5 Å². The number of hydrogen-bond acceptors (Lipinski definition) is 3. The first kappa shape index (κ1) is 12.6. The number of hydrogen-bond donors (Lipinski definition) is 1. The van der Waals surface area contributed by atoms with Crippen LogP contribution < -0.4 is 5.32 Å². The molecule has 1 N–H and O–H groups in total. The van der Waals surface area contributed by atoms with E-state index in [2.05, 4.69) is 34.7 Å². The van der Waals surface area contributed by atoms with Gasteiger partial charge >= 0.3 is 0 Å². The van der Waals surface area contributed by atoms with Gasteiger partial charge in [-0.05, 0) is 57.0 Å². The van der Waals surface area contributed by atoms with E-state index in [1.54, 1.807) is 0 Å². The Morgan fingerprint density at radius 3 is 2.83 bits per heavy atom. The highest BCUT2D eigenvalue weighted by molar-refractivity contribution is 7.09. The van der Waals surface area contributed by atoms with Crippen LogP contribution in [0.25, 0.3) is 0 Å². The van der Waals surface area contributed by atoms with Gasteiger partial charge in [0, 0.05) is 29.5 Å². The highest BCUT2D eigenvalue weighted by atomic mass is 32.1. The molecular formula is C15H24N2S. The molecule has 0 aromatic carbocycles. The zero-order valence-corrected chi connectivity index (χ0v) is 12.1. The fraction of sp³-hybridized carbons (Fsp3) is 0.733. The van der Waals surface area contributed by atoms with Crippen LogP contribution >= 0.6 is 11.3 Å². The third-order valence-electron chi connectivity index (χ3n) is 4.07. The maximum atomic E-state index is 3.64. The standard InChI is InChI=1S/C15H24N2S/c1-12(8-9-16-13-4-5-13)17(14-6-7-14)11-15-3-2-10-18-15/h2-3,10,12-14,16H,4-9,11H2,1H3.